The van der Waals surface area contributed by atoms with Crippen molar-refractivity contribution in [2.45, 2.75) is 85.0 Å². The van der Waals surface area contributed by atoms with Crippen molar-refractivity contribution >= 4 is 39.0 Å². The Morgan fingerprint density at radius 3 is 2.62 bits per heavy atom. The number of hydrogen-bond donors (Lipinski definition) is 1. The topological polar surface area (TPSA) is 58.5 Å². The van der Waals surface area contributed by atoms with Gasteiger partial charge in [0.25, 0.3) is 0 Å². The molecule has 6 atom stereocenters. The molecule has 0 radical (unpaired) electrons. The molecule has 1 aromatic rings. The Kier molecular flexibility index (Phi) is 5.90. The first-order valence-corrected chi connectivity index (χ1v) is 13.9. The number of benzene rings is 1. The van der Waals surface area contributed by atoms with Crippen LogP contribution >= 0.6 is 15.9 Å². The fourth-order valence-electron chi connectivity index (χ4n) is 8.10. The summed E-state index contributed by atoms with van der Waals surface area (Å²) < 4.78 is 1.04. The van der Waals surface area contributed by atoms with Gasteiger partial charge in [-0.05, 0) is 84.5 Å². The van der Waals surface area contributed by atoms with E-state index in [1.807, 2.05) is 12.1 Å². The lowest BCUT2D eigenvalue weighted by Gasteiger charge is -2.56. The van der Waals surface area contributed by atoms with Crippen molar-refractivity contribution in [3.63, 3.8) is 0 Å². The van der Waals surface area contributed by atoms with E-state index in [9.17, 15) is 9.59 Å². The summed E-state index contributed by atoms with van der Waals surface area (Å²) >= 11 is 3.60. The monoisotopic (exact) mass is 526 g/mol. The molecule has 1 aromatic carbocycles. The van der Waals surface area contributed by atoms with E-state index in [1.54, 1.807) is 0 Å². The molecule has 3 aliphatic carbocycles. The van der Waals surface area contributed by atoms with Crippen LogP contribution < -0.4 is 5.32 Å². The van der Waals surface area contributed by atoms with Gasteiger partial charge >= 0.3 is 0 Å². The van der Waals surface area contributed by atoms with Gasteiger partial charge in [-0.1, -0.05) is 50.5 Å². The number of hydrogen-bond acceptors (Lipinski definition) is 3. The van der Waals surface area contributed by atoms with Crippen molar-refractivity contribution in [1.29, 1.82) is 0 Å². The molecule has 5 heteroatoms. The van der Waals surface area contributed by atoms with Crippen LogP contribution in [0.1, 0.15) is 85.1 Å². The first-order valence-electron chi connectivity index (χ1n) is 13.1. The quantitative estimate of drug-likeness (QED) is 0.452. The van der Waals surface area contributed by atoms with Gasteiger partial charge in [-0.3, -0.25) is 14.6 Å². The van der Waals surface area contributed by atoms with Gasteiger partial charge in [0.2, 0.25) is 5.91 Å². The zero-order chi connectivity index (χ0) is 24.5. The molecule has 0 saturated heterocycles. The molecule has 4 nitrogen and oxygen atoms in total. The van der Waals surface area contributed by atoms with E-state index in [2.05, 4.69) is 61.9 Å². The van der Waals surface area contributed by atoms with Crippen molar-refractivity contribution in [2.24, 2.45) is 39.5 Å². The second-order valence-corrected chi connectivity index (χ2v) is 13.8. The van der Waals surface area contributed by atoms with Gasteiger partial charge in [0, 0.05) is 46.6 Å². The van der Waals surface area contributed by atoms with Crippen LogP contribution in [0.3, 0.4) is 0 Å². The van der Waals surface area contributed by atoms with E-state index in [4.69, 9.17) is 4.99 Å². The number of ketones is 1. The number of halogens is 1. The number of anilines is 1. The molecule has 1 N–H and O–H groups in total. The highest BCUT2D eigenvalue weighted by Gasteiger charge is 2.60. The van der Waals surface area contributed by atoms with Crippen molar-refractivity contribution < 1.29 is 9.59 Å². The third kappa shape index (κ3) is 3.81. The number of Topliss-reactive ketones (excluding diaryl/α,β-unsaturated/α-hetero) is 1. The van der Waals surface area contributed by atoms with Crippen molar-refractivity contribution in [3.8, 4) is 0 Å². The molecule has 1 amide bonds. The van der Waals surface area contributed by atoms with Crippen LogP contribution in [0.15, 0.2) is 27.7 Å². The number of rotatable bonds is 2. The third-order valence-corrected chi connectivity index (χ3v) is 10.6. The van der Waals surface area contributed by atoms with Gasteiger partial charge < -0.3 is 5.32 Å². The van der Waals surface area contributed by atoms with Crippen molar-refractivity contribution in [3.05, 3.63) is 28.2 Å². The molecule has 3 saturated carbocycles. The predicted molar refractivity (Wildman–Crippen MR) is 141 cm³/mol. The number of amides is 1. The summed E-state index contributed by atoms with van der Waals surface area (Å²) in [6, 6.07) is 6.19. The van der Waals surface area contributed by atoms with Gasteiger partial charge in [-0.25, -0.2) is 0 Å². The molecular formula is C29H39BrN2O2. The summed E-state index contributed by atoms with van der Waals surface area (Å²) in [6.07, 6.45) is 6.55. The fourth-order valence-corrected chi connectivity index (χ4v) is 8.46. The number of carbonyl (C=O) groups excluding carboxylic acids is 2. The van der Waals surface area contributed by atoms with Crippen molar-refractivity contribution in [2.75, 3.05) is 11.9 Å². The second kappa shape index (κ2) is 8.28. The number of carbonyl (C=O) groups is 2. The smallest absolute Gasteiger partial charge is 0.228 e. The van der Waals surface area contributed by atoms with E-state index in [0.717, 1.165) is 54.4 Å². The average Bonchev–Trinajstić information content (AvgIpc) is 3.12. The van der Waals surface area contributed by atoms with E-state index in [1.165, 1.54) is 5.71 Å². The molecule has 3 fully saturated rings. The number of fused-ring (bicyclic) bond motifs is 5. The van der Waals surface area contributed by atoms with Crippen LogP contribution in [0.2, 0.25) is 0 Å². The van der Waals surface area contributed by atoms with E-state index < -0.39 is 0 Å². The zero-order valence-corrected chi connectivity index (χ0v) is 22.9. The largest absolute Gasteiger partial charge is 0.326 e. The normalized spacial score (nSPS) is 37.4. The van der Waals surface area contributed by atoms with Gasteiger partial charge in [0.1, 0.15) is 5.78 Å². The first kappa shape index (κ1) is 24.2. The summed E-state index contributed by atoms with van der Waals surface area (Å²) in [5.74, 6) is 2.26. The number of nitrogens with one attached hydrogen (secondary N) is 1. The second-order valence-electron chi connectivity index (χ2n) is 12.9. The molecule has 5 rings (SSSR count). The highest BCUT2D eigenvalue weighted by Crippen LogP contribution is 2.63. The van der Waals surface area contributed by atoms with Gasteiger partial charge in [0.05, 0.1) is 0 Å². The lowest BCUT2D eigenvalue weighted by Crippen LogP contribution is -2.55. The Morgan fingerprint density at radius 1 is 1.12 bits per heavy atom. The number of nitrogens with zero attached hydrogens (tertiary/aromatic N) is 1. The summed E-state index contributed by atoms with van der Waals surface area (Å²) in [6.45, 7) is 12.2. The van der Waals surface area contributed by atoms with Gasteiger partial charge in [0.15, 0.2) is 0 Å². The maximum Gasteiger partial charge on any atom is 0.228 e. The summed E-state index contributed by atoms with van der Waals surface area (Å²) in [5, 5.41) is 3.35. The standard InChI is InChI=1S/C29H39BrN2O2/c1-27(2,3)23-14-17(30)6-9-24(23)32-26(34)22-8-7-20-19-16-31-25-15-18(33)10-12-29(25,5)21(19)11-13-28(20,22)4/h6,9,14,19-22H,7-8,10-13,15-16H2,1-5H3,(H,32,34)/t19?,20?,21?,22-,28+,29-/m1/s1. The Hall–Kier alpha value is -1.49. The Labute approximate surface area is 212 Å². The highest BCUT2D eigenvalue weighted by molar-refractivity contribution is 9.10. The molecule has 0 spiro atoms. The lowest BCUT2D eigenvalue weighted by molar-refractivity contribution is -0.127. The average molecular weight is 528 g/mol. The molecule has 0 bridgehead atoms. The SMILES string of the molecule is CC(C)(C)c1cc(Br)ccc1NC(=O)[C@H]1CCC2C3CN=C4CC(=O)CC[C@]4(C)C3CC[C@@]21C. The predicted octanol–water partition coefficient (Wildman–Crippen LogP) is 6.96. The van der Waals surface area contributed by atoms with Crippen LogP contribution in [0, 0.1) is 34.5 Å². The van der Waals surface area contributed by atoms with Crippen LogP contribution in [0.4, 0.5) is 5.69 Å². The molecular weight excluding hydrogens is 488 g/mol. The molecule has 0 aromatic heterocycles. The van der Waals surface area contributed by atoms with Crippen LogP contribution in [-0.4, -0.2) is 23.9 Å². The molecule has 1 aliphatic heterocycles. The molecule has 184 valence electrons. The summed E-state index contributed by atoms with van der Waals surface area (Å²) in [7, 11) is 0. The minimum Gasteiger partial charge on any atom is -0.326 e. The van der Waals surface area contributed by atoms with Gasteiger partial charge in [-0.2, -0.15) is 0 Å². The Bertz CT molecular complexity index is 1060. The molecule has 4 aliphatic rings. The first-order chi connectivity index (χ1) is 15.9. The maximum atomic E-state index is 13.7. The van der Waals surface area contributed by atoms with Crippen molar-refractivity contribution in [1.82, 2.24) is 0 Å². The maximum absolute atomic E-state index is 13.7. The third-order valence-electron chi connectivity index (χ3n) is 10.1. The van der Waals surface area contributed by atoms with Crippen LogP contribution in [0.5, 0.6) is 0 Å². The Morgan fingerprint density at radius 2 is 1.88 bits per heavy atom. The van der Waals surface area contributed by atoms with Gasteiger partial charge in [-0.15, -0.1) is 0 Å². The highest BCUT2D eigenvalue weighted by atomic mass is 79.9. The molecule has 1 heterocycles. The minimum atomic E-state index is -0.0544. The summed E-state index contributed by atoms with van der Waals surface area (Å²) in [5.41, 5.74) is 3.32. The Balaban J connectivity index is 1.38. The minimum absolute atomic E-state index is 0.0242. The van der Waals surface area contributed by atoms with E-state index in [0.29, 0.717) is 36.4 Å². The molecule has 34 heavy (non-hydrogen) atoms. The molecule has 3 unspecified atom stereocenters. The fraction of sp³-hybridized carbons (Fsp3) is 0.690. The van der Waals surface area contributed by atoms with E-state index >= 15 is 0 Å². The van der Waals surface area contributed by atoms with Crippen LogP contribution in [-0.2, 0) is 15.0 Å². The lowest BCUT2D eigenvalue weighted by atomic mass is 9.49. The number of aliphatic imine (C=N–C) groups is 1. The van der Waals surface area contributed by atoms with E-state index in [-0.39, 0.29) is 28.1 Å². The summed E-state index contributed by atoms with van der Waals surface area (Å²) in [4.78, 5) is 30.9. The van der Waals surface area contributed by atoms with Crippen LogP contribution in [0.25, 0.3) is 0 Å². The zero-order valence-electron chi connectivity index (χ0n) is 21.3.